The van der Waals surface area contributed by atoms with Gasteiger partial charge in [0, 0.05) is 19.7 Å². The molecule has 1 aromatic heterocycles. The third kappa shape index (κ3) is 3.09. The zero-order chi connectivity index (χ0) is 14.5. The second-order valence-corrected chi connectivity index (χ2v) is 4.85. The van der Waals surface area contributed by atoms with Crippen molar-refractivity contribution >= 4 is 22.3 Å². The second-order valence-electron chi connectivity index (χ2n) is 3.84. The van der Waals surface area contributed by atoms with Gasteiger partial charge in [-0.15, -0.1) is 0 Å². The molecule has 0 amide bonds. The molecular formula is C12H13N5O2S. The van der Waals surface area contributed by atoms with E-state index in [9.17, 15) is 10.1 Å². The van der Waals surface area contributed by atoms with Gasteiger partial charge in [0.25, 0.3) is 5.96 Å². The Balaban J connectivity index is 2.26. The van der Waals surface area contributed by atoms with Crippen molar-refractivity contribution in [3.8, 4) is 10.6 Å². The predicted molar refractivity (Wildman–Crippen MR) is 79.4 cm³/mol. The molecule has 1 N–H and O–H groups in total. The third-order valence-electron chi connectivity index (χ3n) is 2.56. The summed E-state index contributed by atoms with van der Waals surface area (Å²) in [5, 5.41) is 17.3. The SMILES string of the molecule is CNC(=N[N+](=O)[O-])N(C)c1cnc(-c2ccccc2)s1. The van der Waals surface area contributed by atoms with Crippen molar-refractivity contribution in [3.63, 3.8) is 0 Å². The summed E-state index contributed by atoms with van der Waals surface area (Å²) in [6, 6.07) is 9.74. The van der Waals surface area contributed by atoms with Crippen LogP contribution in [-0.4, -0.2) is 30.1 Å². The van der Waals surface area contributed by atoms with Gasteiger partial charge in [0.05, 0.1) is 6.20 Å². The number of hydrogen-bond donors (Lipinski definition) is 1. The van der Waals surface area contributed by atoms with Crippen molar-refractivity contribution in [3.05, 3.63) is 46.6 Å². The summed E-state index contributed by atoms with van der Waals surface area (Å²) < 4.78 is 0. The predicted octanol–water partition coefficient (Wildman–Crippen LogP) is 2.01. The van der Waals surface area contributed by atoms with Gasteiger partial charge in [-0.05, 0) is 0 Å². The molecule has 0 bridgehead atoms. The van der Waals surface area contributed by atoms with Crippen LogP contribution in [0.15, 0.2) is 41.6 Å². The molecular weight excluding hydrogens is 278 g/mol. The third-order valence-corrected chi connectivity index (χ3v) is 3.69. The van der Waals surface area contributed by atoms with Crippen molar-refractivity contribution < 1.29 is 5.03 Å². The summed E-state index contributed by atoms with van der Waals surface area (Å²) in [6.45, 7) is 0. The summed E-state index contributed by atoms with van der Waals surface area (Å²) in [5.74, 6) is 0.151. The fourth-order valence-corrected chi connectivity index (χ4v) is 2.49. The van der Waals surface area contributed by atoms with Gasteiger partial charge in [0.2, 0.25) is 0 Å². The Labute approximate surface area is 119 Å². The maximum Gasteiger partial charge on any atom is 0.275 e. The topological polar surface area (TPSA) is 83.7 Å². The minimum absolute atomic E-state index is 0.151. The fraction of sp³-hybridized carbons (Fsp3) is 0.167. The van der Waals surface area contributed by atoms with Gasteiger partial charge < -0.3 is 10.2 Å². The lowest BCUT2D eigenvalue weighted by molar-refractivity contribution is -0.485. The average Bonchev–Trinajstić information content (AvgIpc) is 2.94. The highest BCUT2D eigenvalue weighted by Gasteiger charge is 2.15. The fourth-order valence-electron chi connectivity index (χ4n) is 1.60. The van der Waals surface area contributed by atoms with E-state index in [0.29, 0.717) is 0 Å². The van der Waals surface area contributed by atoms with Crippen molar-refractivity contribution in [2.24, 2.45) is 5.10 Å². The number of anilines is 1. The first-order valence-corrected chi connectivity index (χ1v) is 6.59. The van der Waals surface area contributed by atoms with Gasteiger partial charge >= 0.3 is 0 Å². The van der Waals surface area contributed by atoms with Gasteiger partial charge in [0.15, 0.2) is 5.03 Å². The summed E-state index contributed by atoms with van der Waals surface area (Å²) in [7, 11) is 3.28. The zero-order valence-corrected chi connectivity index (χ0v) is 11.8. The highest BCUT2D eigenvalue weighted by Crippen LogP contribution is 2.30. The van der Waals surface area contributed by atoms with Crippen molar-refractivity contribution in [1.82, 2.24) is 10.3 Å². The molecule has 0 saturated carbocycles. The van der Waals surface area contributed by atoms with Gasteiger partial charge in [-0.2, -0.15) is 0 Å². The van der Waals surface area contributed by atoms with E-state index in [4.69, 9.17) is 0 Å². The molecule has 0 fully saturated rings. The standard InChI is InChI=1S/C12H13N5O2S/c1-13-12(15-17(18)19)16(2)10-8-14-11(20-10)9-6-4-3-5-7-9/h3-8H,1-2H3,(H,13,15). The smallest absolute Gasteiger partial charge is 0.275 e. The van der Waals surface area contributed by atoms with E-state index in [-0.39, 0.29) is 5.96 Å². The number of hydrogen-bond acceptors (Lipinski definition) is 4. The minimum atomic E-state index is -0.735. The Kier molecular flexibility index (Phi) is 4.26. The van der Waals surface area contributed by atoms with Crippen LogP contribution >= 0.6 is 11.3 Å². The maximum atomic E-state index is 10.5. The van der Waals surface area contributed by atoms with E-state index in [1.54, 1.807) is 25.2 Å². The van der Waals surface area contributed by atoms with E-state index in [1.165, 1.54) is 11.3 Å². The van der Waals surface area contributed by atoms with Crippen molar-refractivity contribution in [2.45, 2.75) is 0 Å². The van der Waals surface area contributed by atoms with Gasteiger partial charge in [-0.3, -0.25) is 0 Å². The molecule has 8 heteroatoms. The lowest BCUT2D eigenvalue weighted by Crippen LogP contribution is -2.37. The van der Waals surface area contributed by atoms with E-state index in [0.717, 1.165) is 15.6 Å². The van der Waals surface area contributed by atoms with Crippen LogP contribution in [0, 0.1) is 10.1 Å². The molecule has 0 aliphatic carbocycles. The highest BCUT2D eigenvalue weighted by atomic mass is 32.1. The van der Waals surface area contributed by atoms with Crippen LogP contribution in [0.1, 0.15) is 0 Å². The monoisotopic (exact) mass is 291 g/mol. The Morgan fingerprint density at radius 3 is 2.75 bits per heavy atom. The molecule has 1 heterocycles. The molecule has 104 valence electrons. The van der Waals surface area contributed by atoms with Gasteiger partial charge in [-0.25, -0.2) is 15.1 Å². The Morgan fingerprint density at radius 1 is 1.45 bits per heavy atom. The van der Waals surface area contributed by atoms with Crippen LogP contribution in [0.3, 0.4) is 0 Å². The molecule has 0 unspecified atom stereocenters. The molecule has 0 saturated heterocycles. The van der Waals surface area contributed by atoms with Crippen LogP contribution in [0.2, 0.25) is 0 Å². The quantitative estimate of drug-likeness (QED) is 0.405. The summed E-state index contributed by atoms with van der Waals surface area (Å²) >= 11 is 1.44. The molecule has 0 spiro atoms. The minimum Gasteiger partial charge on any atom is -0.354 e. The number of nitrogens with one attached hydrogen (secondary N) is 1. The van der Waals surface area contributed by atoms with Gasteiger partial charge in [0.1, 0.15) is 15.1 Å². The van der Waals surface area contributed by atoms with Crippen LogP contribution in [-0.2, 0) is 0 Å². The molecule has 2 rings (SSSR count). The lowest BCUT2D eigenvalue weighted by Gasteiger charge is -2.15. The summed E-state index contributed by atoms with van der Waals surface area (Å²) in [5.41, 5.74) is 1.01. The number of benzene rings is 1. The summed E-state index contributed by atoms with van der Waals surface area (Å²) in [4.78, 5) is 16.4. The van der Waals surface area contributed by atoms with Crippen molar-refractivity contribution in [2.75, 3.05) is 19.0 Å². The van der Waals surface area contributed by atoms with E-state index < -0.39 is 5.03 Å². The largest absolute Gasteiger partial charge is 0.354 e. The lowest BCUT2D eigenvalue weighted by atomic mass is 10.2. The van der Waals surface area contributed by atoms with E-state index >= 15 is 0 Å². The summed E-state index contributed by atoms with van der Waals surface area (Å²) in [6.07, 6.45) is 1.67. The zero-order valence-electron chi connectivity index (χ0n) is 11.0. The van der Waals surface area contributed by atoms with Crippen LogP contribution in [0.25, 0.3) is 10.6 Å². The molecule has 2 aromatic rings. The number of thiazole rings is 1. The molecule has 0 radical (unpaired) electrons. The van der Waals surface area contributed by atoms with Crippen LogP contribution in [0.5, 0.6) is 0 Å². The number of hydrazone groups is 1. The van der Waals surface area contributed by atoms with Gasteiger partial charge in [-0.1, -0.05) is 41.7 Å². The molecule has 7 nitrogen and oxygen atoms in total. The first-order chi connectivity index (χ1) is 9.61. The first-order valence-electron chi connectivity index (χ1n) is 5.77. The number of rotatable bonds is 3. The molecule has 0 atom stereocenters. The Bertz CT molecular complexity index is 626. The highest BCUT2D eigenvalue weighted by molar-refractivity contribution is 7.19. The van der Waals surface area contributed by atoms with Crippen molar-refractivity contribution in [1.29, 1.82) is 0 Å². The second kappa shape index (κ2) is 6.11. The van der Waals surface area contributed by atoms with E-state index in [2.05, 4.69) is 15.4 Å². The first kappa shape index (κ1) is 13.9. The number of nitrogens with zero attached hydrogens (tertiary/aromatic N) is 4. The van der Waals surface area contributed by atoms with Crippen LogP contribution in [0.4, 0.5) is 5.00 Å². The molecule has 1 aromatic carbocycles. The maximum absolute atomic E-state index is 10.5. The number of nitro groups is 1. The molecule has 20 heavy (non-hydrogen) atoms. The average molecular weight is 291 g/mol. The Morgan fingerprint density at radius 2 is 2.15 bits per heavy atom. The van der Waals surface area contributed by atoms with E-state index in [1.807, 2.05) is 30.3 Å². The normalized spacial score (nSPS) is 11.2. The number of aromatic nitrogens is 1. The molecule has 0 aliphatic heterocycles. The number of guanidine groups is 1. The van der Waals surface area contributed by atoms with Crippen LogP contribution < -0.4 is 10.2 Å². The molecule has 0 aliphatic rings. The Hall–Kier alpha value is -2.48.